The van der Waals surface area contributed by atoms with E-state index in [0.717, 1.165) is 12.8 Å². The average Bonchev–Trinajstić information content (AvgIpc) is 3.43. The van der Waals surface area contributed by atoms with Crippen LogP contribution in [-0.4, -0.2) is 29.7 Å². The fraction of sp³-hybridized carbons (Fsp3) is 0.242. The summed E-state index contributed by atoms with van der Waals surface area (Å²) in [6, 6.07) is 18.8. The summed E-state index contributed by atoms with van der Waals surface area (Å²) in [7, 11) is 0. The molecule has 4 aromatic rings. The van der Waals surface area contributed by atoms with E-state index in [9.17, 15) is 14.4 Å². The summed E-state index contributed by atoms with van der Waals surface area (Å²) in [6.45, 7) is 3.50. The number of nitrogens with one attached hydrogen (secondary N) is 2. The van der Waals surface area contributed by atoms with Crippen molar-refractivity contribution in [2.45, 2.75) is 49.3 Å². The number of Topliss-reactive ketones (excluding diaryl/α,β-unsaturated/α-hetero) is 1. The Morgan fingerprint density at radius 1 is 0.930 bits per heavy atom. The molecule has 2 amide bonds. The molecule has 6 rings (SSSR count). The number of rotatable bonds is 7. The first-order valence-corrected chi connectivity index (χ1v) is 15.0. The van der Waals surface area contributed by atoms with Crippen LogP contribution in [0.3, 0.4) is 0 Å². The summed E-state index contributed by atoms with van der Waals surface area (Å²) in [5.74, 6) is 0.385. The molecule has 0 aliphatic heterocycles. The zero-order valence-corrected chi connectivity index (χ0v) is 24.3. The molecule has 1 fully saturated rings. The lowest BCUT2D eigenvalue weighted by molar-refractivity contribution is -0.124. The maximum Gasteiger partial charge on any atom is 0.261 e. The van der Waals surface area contributed by atoms with Gasteiger partial charge in [-0.2, -0.15) is 0 Å². The summed E-state index contributed by atoms with van der Waals surface area (Å²) < 4.78 is 6.60. The number of nitrogens with two attached hydrogens (primary N) is 3. The lowest BCUT2D eigenvalue weighted by Crippen LogP contribution is -2.52. The molecule has 10 heteroatoms. The highest BCUT2D eigenvalue weighted by molar-refractivity contribution is 7.21. The fourth-order valence-electron chi connectivity index (χ4n) is 6.15. The van der Waals surface area contributed by atoms with Crippen LogP contribution in [0.4, 0.5) is 5.69 Å². The maximum absolute atomic E-state index is 14.0. The van der Waals surface area contributed by atoms with Gasteiger partial charge in [0.05, 0.1) is 15.6 Å². The van der Waals surface area contributed by atoms with Gasteiger partial charge in [0.15, 0.2) is 5.78 Å². The molecule has 3 aromatic carbocycles. The fourth-order valence-corrected chi connectivity index (χ4v) is 7.35. The predicted molar refractivity (Wildman–Crippen MR) is 168 cm³/mol. The van der Waals surface area contributed by atoms with Crippen LogP contribution in [0.15, 0.2) is 79.4 Å². The molecule has 220 valence electrons. The van der Waals surface area contributed by atoms with E-state index in [1.54, 1.807) is 36.4 Å². The second-order valence-electron chi connectivity index (χ2n) is 11.1. The molecule has 2 aliphatic carbocycles. The molecular weight excluding hydrogens is 562 g/mol. The van der Waals surface area contributed by atoms with Crippen LogP contribution in [0.25, 0.3) is 10.1 Å². The van der Waals surface area contributed by atoms with Crippen LogP contribution >= 0.6 is 11.3 Å². The molecule has 1 heterocycles. The van der Waals surface area contributed by atoms with Crippen LogP contribution in [0.1, 0.15) is 58.1 Å². The molecule has 0 saturated heterocycles. The monoisotopic (exact) mass is 595 g/mol. The Morgan fingerprint density at radius 3 is 2.21 bits per heavy atom. The normalized spacial score (nSPS) is 23.0. The highest BCUT2D eigenvalue weighted by atomic mass is 32.1. The van der Waals surface area contributed by atoms with Gasteiger partial charge in [0, 0.05) is 28.7 Å². The molecule has 1 aromatic heterocycles. The van der Waals surface area contributed by atoms with Gasteiger partial charge in [-0.3, -0.25) is 14.4 Å². The summed E-state index contributed by atoms with van der Waals surface area (Å²) in [4.78, 5) is 39.7. The number of ether oxygens (including phenoxy) is 1. The zero-order chi connectivity index (χ0) is 30.3. The van der Waals surface area contributed by atoms with Crippen LogP contribution in [0.2, 0.25) is 0 Å². The lowest BCUT2D eigenvalue weighted by Gasteiger charge is -2.36. The van der Waals surface area contributed by atoms with E-state index in [1.807, 2.05) is 30.3 Å². The molecular formula is C33H33N5O4S. The van der Waals surface area contributed by atoms with Crippen molar-refractivity contribution >= 4 is 44.7 Å². The second kappa shape index (κ2) is 11.3. The van der Waals surface area contributed by atoms with Gasteiger partial charge >= 0.3 is 0 Å². The van der Waals surface area contributed by atoms with Gasteiger partial charge in [-0.1, -0.05) is 43.0 Å². The van der Waals surface area contributed by atoms with Crippen LogP contribution in [0.5, 0.6) is 11.5 Å². The molecule has 43 heavy (non-hydrogen) atoms. The minimum absolute atomic E-state index is 0.0502. The molecule has 2 unspecified atom stereocenters. The van der Waals surface area contributed by atoms with E-state index < -0.39 is 17.4 Å². The number of benzene rings is 3. The minimum atomic E-state index is -1.55. The first-order valence-electron chi connectivity index (χ1n) is 14.2. The van der Waals surface area contributed by atoms with Crippen molar-refractivity contribution in [1.82, 2.24) is 10.6 Å². The van der Waals surface area contributed by atoms with E-state index in [2.05, 4.69) is 17.2 Å². The highest BCUT2D eigenvalue weighted by Crippen LogP contribution is 2.49. The smallest absolute Gasteiger partial charge is 0.261 e. The van der Waals surface area contributed by atoms with Crippen molar-refractivity contribution in [2.75, 3.05) is 5.73 Å². The van der Waals surface area contributed by atoms with Gasteiger partial charge in [0.1, 0.15) is 17.0 Å². The van der Waals surface area contributed by atoms with Gasteiger partial charge in [0.2, 0.25) is 5.91 Å². The van der Waals surface area contributed by atoms with Crippen molar-refractivity contribution < 1.29 is 19.1 Å². The van der Waals surface area contributed by atoms with Crippen LogP contribution in [0, 0.1) is 0 Å². The number of ketones is 1. The summed E-state index contributed by atoms with van der Waals surface area (Å²) in [5, 5.41) is 6.70. The second-order valence-corrected chi connectivity index (χ2v) is 12.1. The van der Waals surface area contributed by atoms with Gasteiger partial charge in [-0.15, -0.1) is 11.3 Å². The summed E-state index contributed by atoms with van der Waals surface area (Å²) in [6.07, 6.45) is 4.16. The Bertz CT molecular complexity index is 1730. The number of carbonyl (C=O) groups excluding carboxylic acids is 3. The van der Waals surface area contributed by atoms with Crippen molar-refractivity contribution in [3.63, 3.8) is 0 Å². The van der Waals surface area contributed by atoms with Gasteiger partial charge < -0.3 is 32.6 Å². The van der Waals surface area contributed by atoms with Gasteiger partial charge in [0.25, 0.3) is 5.91 Å². The summed E-state index contributed by atoms with van der Waals surface area (Å²) >= 11 is 1.23. The molecule has 9 nitrogen and oxygen atoms in total. The van der Waals surface area contributed by atoms with Crippen molar-refractivity contribution in [3.05, 3.63) is 101 Å². The molecule has 2 atom stereocenters. The van der Waals surface area contributed by atoms with Crippen LogP contribution < -0.4 is 32.6 Å². The predicted octanol–water partition coefficient (Wildman–Crippen LogP) is 4.40. The Hall–Kier alpha value is -4.51. The van der Waals surface area contributed by atoms with Gasteiger partial charge in [-0.05, 0) is 73.2 Å². The Kier molecular flexibility index (Phi) is 7.51. The largest absolute Gasteiger partial charge is 0.457 e. The highest BCUT2D eigenvalue weighted by Gasteiger charge is 2.48. The molecule has 2 aliphatic rings. The Morgan fingerprint density at radius 2 is 1.56 bits per heavy atom. The SMILES string of the molecule is C=CC(=O)NC1CCC(NC(=O)c2sc3c(N)ccc4c3c2C(N)C(=O)C4(N)c2ccc(Oc3ccccc3)cc2)CC1. The standard InChI is InChI=1S/C33H33N5O4S/c1-2-25(39)37-19-10-12-20(13-11-19)38-32(41)30-27-26-23(16-17-24(34)29(26)43-30)33(36,31(40)28(27)35)18-8-14-22(15-9-18)42-21-6-4-3-5-7-21/h2-9,14-17,19-20,28H,1,10-13,34-36H2,(H,37,39)(H,38,41). The van der Waals surface area contributed by atoms with E-state index in [-0.39, 0.29) is 23.9 Å². The molecule has 0 radical (unpaired) electrons. The zero-order valence-electron chi connectivity index (χ0n) is 23.5. The topological polar surface area (TPSA) is 163 Å². The quantitative estimate of drug-likeness (QED) is 0.156. The molecule has 8 N–H and O–H groups in total. The third-order valence-electron chi connectivity index (χ3n) is 8.40. The number of amides is 2. The van der Waals surface area contributed by atoms with E-state index in [0.29, 0.717) is 61.7 Å². The molecule has 0 spiro atoms. The average molecular weight is 596 g/mol. The number of hydrogen-bond acceptors (Lipinski definition) is 8. The number of nitrogen functional groups attached to an aromatic ring is 1. The third kappa shape index (κ3) is 5.07. The number of para-hydroxylation sites is 1. The molecule has 1 saturated carbocycles. The first-order chi connectivity index (χ1) is 20.7. The number of carbonyl (C=O) groups is 3. The number of thiophene rings is 1. The minimum Gasteiger partial charge on any atom is -0.457 e. The Labute approximate surface area is 253 Å². The van der Waals surface area contributed by atoms with Gasteiger partial charge in [-0.25, -0.2) is 0 Å². The Balaban J connectivity index is 1.30. The maximum atomic E-state index is 14.0. The first kappa shape index (κ1) is 28.6. The van der Waals surface area contributed by atoms with E-state index in [4.69, 9.17) is 21.9 Å². The number of anilines is 1. The number of hydrogen-bond donors (Lipinski definition) is 5. The van der Waals surface area contributed by atoms with E-state index >= 15 is 0 Å². The summed E-state index contributed by atoms with van der Waals surface area (Å²) in [5.41, 5.74) is 20.5. The van der Waals surface area contributed by atoms with Crippen molar-refractivity contribution in [3.8, 4) is 11.5 Å². The van der Waals surface area contributed by atoms with Crippen molar-refractivity contribution in [1.29, 1.82) is 0 Å². The lowest BCUT2D eigenvalue weighted by atomic mass is 9.70. The van der Waals surface area contributed by atoms with E-state index in [1.165, 1.54) is 17.4 Å². The van der Waals surface area contributed by atoms with Crippen LogP contribution in [-0.2, 0) is 15.1 Å². The van der Waals surface area contributed by atoms with Crippen molar-refractivity contribution in [2.24, 2.45) is 11.5 Å². The third-order valence-corrected chi connectivity index (χ3v) is 9.66. The molecule has 0 bridgehead atoms.